The van der Waals surface area contributed by atoms with Gasteiger partial charge < -0.3 is 10.2 Å². The number of nitrogens with one attached hydrogen (secondary N) is 1. The van der Waals surface area contributed by atoms with Crippen LogP contribution in [0.1, 0.15) is 25.8 Å². The number of nitrogens with zero attached hydrogens (tertiary/aromatic N) is 1. The van der Waals surface area contributed by atoms with Crippen molar-refractivity contribution in [2.24, 2.45) is 5.92 Å². The topological polar surface area (TPSA) is 49.4 Å². The molecule has 0 bridgehead atoms. The molecule has 5 heteroatoms. The normalized spacial score (nSPS) is 18.8. The molecule has 1 fully saturated rings. The standard InChI is InChI=1S/C15H19ClN2O2/c1-9(2)17-15(20)11-6-14(19)18(8-11)12-5-4-10(3)13(16)7-12/h4-5,7,9,11H,6,8H2,1-3H3,(H,17,20)/t11-/m1/s1. The summed E-state index contributed by atoms with van der Waals surface area (Å²) < 4.78 is 0. The van der Waals surface area contributed by atoms with Gasteiger partial charge >= 0.3 is 0 Å². The van der Waals surface area contributed by atoms with Crippen molar-refractivity contribution in [2.45, 2.75) is 33.2 Å². The molecule has 1 aliphatic heterocycles. The minimum Gasteiger partial charge on any atom is -0.354 e. The molecule has 20 heavy (non-hydrogen) atoms. The smallest absolute Gasteiger partial charge is 0.227 e. The van der Waals surface area contributed by atoms with Crippen LogP contribution in [0, 0.1) is 12.8 Å². The number of hydrogen-bond donors (Lipinski definition) is 1. The van der Waals surface area contributed by atoms with Gasteiger partial charge in [-0.2, -0.15) is 0 Å². The molecule has 0 aliphatic carbocycles. The summed E-state index contributed by atoms with van der Waals surface area (Å²) in [4.78, 5) is 25.7. The van der Waals surface area contributed by atoms with Crippen molar-refractivity contribution >= 4 is 29.1 Å². The molecule has 1 saturated heterocycles. The molecule has 1 heterocycles. The average Bonchev–Trinajstić information content (AvgIpc) is 2.74. The van der Waals surface area contributed by atoms with Crippen LogP contribution < -0.4 is 10.2 Å². The lowest BCUT2D eigenvalue weighted by Gasteiger charge is -2.18. The number of hydrogen-bond acceptors (Lipinski definition) is 2. The molecule has 108 valence electrons. The van der Waals surface area contributed by atoms with E-state index < -0.39 is 0 Å². The third-order valence-corrected chi connectivity index (χ3v) is 3.80. The Kier molecular flexibility index (Phi) is 4.33. The predicted molar refractivity (Wildman–Crippen MR) is 79.9 cm³/mol. The van der Waals surface area contributed by atoms with Crippen molar-refractivity contribution in [1.82, 2.24) is 5.32 Å². The highest BCUT2D eigenvalue weighted by molar-refractivity contribution is 6.31. The summed E-state index contributed by atoms with van der Waals surface area (Å²) >= 11 is 6.09. The first-order valence-corrected chi connectivity index (χ1v) is 7.13. The highest BCUT2D eigenvalue weighted by Gasteiger charge is 2.35. The number of rotatable bonds is 3. The van der Waals surface area contributed by atoms with Gasteiger partial charge in [-0.15, -0.1) is 0 Å². The van der Waals surface area contributed by atoms with E-state index in [4.69, 9.17) is 11.6 Å². The highest BCUT2D eigenvalue weighted by atomic mass is 35.5. The van der Waals surface area contributed by atoms with E-state index in [0.29, 0.717) is 11.6 Å². The van der Waals surface area contributed by atoms with Gasteiger partial charge in [0.1, 0.15) is 0 Å². The van der Waals surface area contributed by atoms with Crippen LogP contribution in [0.5, 0.6) is 0 Å². The summed E-state index contributed by atoms with van der Waals surface area (Å²) in [6.45, 7) is 6.14. The van der Waals surface area contributed by atoms with Crippen LogP contribution in [0.3, 0.4) is 0 Å². The van der Waals surface area contributed by atoms with Gasteiger partial charge in [-0.1, -0.05) is 17.7 Å². The summed E-state index contributed by atoms with van der Waals surface area (Å²) in [6.07, 6.45) is 0.254. The number of benzene rings is 1. The molecule has 0 aromatic heterocycles. The second kappa shape index (κ2) is 5.83. The minimum absolute atomic E-state index is 0.0335. The zero-order valence-corrected chi connectivity index (χ0v) is 12.7. The SMILES string of the molecule is Cc1ccc(N2C[C@H](C(=O)NC(C)C)CC2=O)cc1Cl. The van der Waals surface area contributed by atoms with Crippen LogP contribution in [-0.2, 0) is 9.59 Å². The number of carbonyl (C=O) groups is 2. The third kappa shape index (κ3) is 3.12. The first-order chi connectivity index (χ1) is 9.38. The monoisotopic (exact) mass is 294 g/mol. The first-order valence-electron chi connectivity index (χ1n) is 6.75. The molecule has 2 amide bonds. The lowest BCUT2D eigenvalue weighted by atomic mass is 10.1. The molecule has 4 nitrogen and oxygen atoms in total. The Morgan fingerprint density at radius 2 is 2.15 bits per heavy atom. The molecule has 1 aliphatic rings. The second-order valence-electron chi connectivity index (χ2n) is 5.50. The lowest BCUT2D eigenvalue weighted by Crippen LogP contribution is -2.36. The fraction of sp³-hybridized carbons (Fsp3) is 0.467. The van der Waals surface area contributed by atoms with Crippen molar-refractivity contribution in [2.75, 3.05) is 11.4 Å². The van der Waals surface area contributed by atoms with Crippen molar-refractivity contribution in [3.63, 3.8) is 0 Å². The fourth-order valence-electron chi connectivity index (χ4n) is 2.28. The quantitative estimate of drug-likeness (QED) is 0.931. The maximum atomic E-state index is 12.1. The largest absolute Gasteiger partial charge is 0.354 e. The van der Waals surface area contributed by atoms with E-state index in [2.05, 4.69) is 5.32 Å². The molecule has 0 unspecified atom stereocenters. The summed E-state index contributed by atoms with van der Waals surface area (Å²) in [6, 6.07) is 5.60. The minimum atomic E-state index is -0.287. The van der Waals surface area contributed by atoms with Crippen LogP contribution in [0.15, 0.2) is 18.2 Å². The van der Waals surface area contributed by atoms with E-state index in [9.17, 15) is 9.59 Å². The van der Waals surface area contributed by atoms with Crippen molar-refractivity contribution in [3.8, 4) is 0 Å². The maximum absolute atomic E-state index is 12.1. The van der Waals surface area contributed by atoms with E-state index in [1.807, 2.05) is 32.9 Å². The fourth-order valence-corrected chi connectivity index (χ4v) is 2.46. The lowest BCUT2D eigenvalue weighted by molar-refractivity contribution is -0.126. The Balaban J connectivity index is 2.13. The summed E-state index contributed by atoms with van der Waals surface area (Å²) in [5.41, 5.74) is 1.72. The zero-order valence-electron chi connectivity index (χ0n) is 11.9. The number of aryl methyl sites for hydroxylation is 1. The number of anilines is 1. The van der Waals surface area contributed by atoms with E-state index in [0.717, 1.165) is 11.3 Å². The molecule has 0 saturated carbocycles. The van der Waals surface area contributed by atoms with Crippen LogP contribution in [0.2, 0.25) is 5.02 Å². The number of amides is 2. The van der Waals surface area contributed by atoms with Crippen molar-refractivity contribution < 1.29 is 9.59 Å². The van der Waals surface area contributed by atoms with Crippen LogP contribution in [0.25, 0.3) is 0 Å². The number of carbonyl (C=O) groups excluding carboxylic acids is 2. The van der Waals surface area contributed by atoms with Gasteiger partial charge in [0.05, 0.1) is 5.92 Å². The van der Waals surface area contributed by atoms with E-state index in [1.165, 1.54) is 0 Å². The Hall–Kier alpha value is -1.55. The molecule has 1 aromatic rings. The van der Waals surface area contributed by atoms with Gasteiger partial charge in [-0.25, -0.2) is 0 Å². The van der Waals surface area contributed by atoms with Crippen LogP contribution in [0.4, 0.5) is 5.69 Å². The molecule has 0 spiro atoms. The summed E-state index contributed by atoms with van der Waals surface area (Å²) in [5, 5.41) is 3.48. The van der Waals surface area contributed by atoms with Crippen molar-refractivity contribution in [1.29, 1.82) is 0 Å². The molecule has 2 rings (SSSR count). The average molecular weight is 295 g/mol. The van der Waals surface area contributed by atoms with Gasteiger partial charge in [-0.05, 0) is 38.5 Å². The Bertz CT molecular complexity index is 543. The van der Waals surface area contributed by atoms with Gasteiger partial charge in [0.2, 0.25) is 11.8 Å². The predicted octanol–water partition coefficient (Wildman–Crippen LogP) is 2.53. The van der Waals surface area contributed by atoms with Gasteiger partial charge in [0.25, 0.3) is 0 Å². The van der Waals surface area contributed by atoms with E-state index >= 15 is 0 Å². The van der Waals surface area contributed by atoms with E-state index in [-0.39, 0.29) is 30.2 Å². The summed E-state index contributed by atoms with van der Waals surface area (Å²) in [7, 11) is 0. The third-order valence-electron chi connectivity index (χ3n) is 3.39. The molecule has 1 atom stereocenters. The Labute approximate surface area is 124 Å². The van der Waals surface area contributed by atoms with Gasteiger partial charge in [-0.3, -0.25) is 9.59 Å². The Morgan fingerprint density at radius 1 is 1.45 bits per heavy atom. The van der Waals surface area contributed by atoms with Crippen LogP contribution in [-0.4, -0.2) is 24.4 Å². The van der Waals surface area contributed by atoms with Gasteiger partial charge in [0, 0.05) is 29.7 Å². The van der Waals surface area contributed by atoms with Crippen molar-refractivity contribution in [3.05, 3.63) is 28.8 Å². The summed E-state index contributed by atoms with van der Waals surface area (Å²) in [5.74, 6) is -0.382. The second-order valence-corrected chi connectivity index (χ2v) is 5.91. The number of halogens is 1. The molecule has 1 N–H and O–H groups in total. The Morgan fingerprint density at radius 3 is 2.75 bits per heavy atom. The molecular formula is C15H19ClN2O2. The maximum Gasteiger partial charge on any atom is 0.227 e. The molecule has 0 radical (unpaired) electrons. The first kappa shape index (κ1) is 14.9. The molecule has 1 aromatic carbocycles. The zero-order chi connectivity index (χ0) is 14.9. The van der Waals surface area contributed by atoms with E-state index in [1.54, 1.807) is 11.0 Å². The van der Waals surface area contributed by atoms with Crippen LogP contribution >= 0.6 is 11.6 Å². The highest BCUT2D eigenvalue weighted by Crippen LogP contribution is 2.28. The molecular weight excluding hydrogens is 276 g/mol. The van der Waals surface area contributed by atoms with Gasteiger partial charge in [0.15, 0.2) is 0 Å².